The van der Waals surface area contributed by atoms with E-state index in [1.54, 1.807) is 0 Å². The van der Waals surface area contributed by atoms with E-state index in [9.17, 15) is 0 Å². The molecule has 0 saturated heterocycles. The van der Waals surface area contributed by atoms with Gasteiger partial charge in [-0.1, -0.05) is 48.5 Å². The Balaban J connectivity index is 0.000000750. The summed E-state index contributed by atoms with van der Waals surface area (Å²) in [5.74, 6) is 0. The standard InChI is InChI=1S/C13H10.GeH4/c1-3-7-12-10(5-1)9-11-6-2-4-8-13(11)12;/h1-8H,9H2;1H4. The molecule has 1 aliphatic rings. The van der Waals surface area contributed by atoms with Gasteiger partial charge in [-0.25, -0.2) is 0 Å². The van der Waals surface area contributed by atoms with Crippen LogP contribution >= 0.6 is 0 Å². The first kappa shape index (κ1) is 9.53. The third-order valence-corrected chi connectivity index (χ3v) is 2.71. The quantitative estimate of drug-likeness (QED) is 0.528. The monoisotopic (exact) mass is 244 g/mol. The van der Waals surface area contributed by atoms with E-state index < -0.39 is 0 Å². The van der Waals surface area contributed by atoms with Crippen LogP contribution in [-0.2, 0) is 6.42 Å². The normalized spacial score (nSPS) is 11.4. The van der Waals surface area contributed by atoms with Gasteiger partial charge in [-0.3, -0.25) is 0 Å². The minimum atomic E-state index is 0. The molecule has 0 amide bonds. The Labute approximate surface area is 94.9 Å². The van der Waals surface area contributed by atoms with E-state index in [1.807, 2.05) is 0 Å². The minimum absolute atomic E-state index is 0. The van der Waals surface area contributed by atoms with Crippen molar-refractivity contribution < 1.29 is 0 Å². The largest absolute Gasteiger partial charge is 0.0619 e. The molecule has 0 bridgehead atoms. The van der Waals surface area contributed by atoms with Crippen LogP contribution < -0.4 is 0 Å². The van der Waals surface area contributed by atoms with Gasteiger partial charge < -0.3 is 0 Å². The third kappa shape index (κ3) is 1.30. The van der Waals surface area contributed by atoms with Crippen LogP contribution in [0.15, 0.2) is 48.5 Å². The van der Waals surface area contributed by atoms with Crippen molar-refractivity contribution in [2.75, 3.05) is 0 Å². The molecule has 2 aromatic rings. The molecule has 0 unspecified atom stereocenters. The summed E-state index contributed by atoms with van der Waals surface area (Å²) < 4.78 is 0. The molecule has 1 heteroatoms. The Hall–Kier alpha value is -1.02. The summed E-state index contributed by atoms with van der Waals surface area (Å²) in [5, 5.41) is 0. The molecule has 70 valence electrons. The fourth-order valence-electron chi connectivity index (χ4n) is 2.08. The van der Waals surface area contributed by atoms with E-state index in [4.69, 9.17) is 0 Å². The molecule has 0 radical (unpaired) electrons. The van der Waals surface area contributed by atoms with Gasteiger partial charge >= 0.3 is 17.6 Å². The molecule has 0 spiro atoms. The zero-order valence-electron chi connectivity index (χ0n) is 7.33. The van der Waals surface area contributed by atoms with Crippen molar-refractivity contribution in [3.05, 3.63) is 59.7 Å². The van der Waals surface area contributed by atoms with Crippen LogP contribution in [0, 0.1) is 0 Å². The Bertz CT molecular complexity index is 417. The second-order valence-electron chi connectivity index (χ2n) is 3.49. The summed E-state index contributed by atoms with van der Waals surface area (Å²) in [4.78, 5) is 0. The molecule has 2 aromatic carbocycles. The summed E-state index contributed by atoms with van der Waals surface area (Å²) in [7, 11) is 0. The second kappa shape index (κ2) is 3.62. The van der Waals surface area contributed by atoms with Crippen molar-refractivity contribution in [3.8, 4) is 11.1 Å². The zero-order valence-corrected chi connectivity index (χ0v) is 7.33. The summed E-state index contributed by atoms with van der Waals surface area (Å²) in [5.41, 5.74) is 5.75. The topological polar surface area (TPSA) is 0 Å². The number of hydrogen-bond acceptors (Lipinski definition) is 0. The maximum atomic E-state index is 2.22. The molecule has 0 atom stereocenters. The van der Waals surface area contributed by atoms with Gasteiger partial charge in [0.25, 0.3) is 0 Å². The predicted molar refractivity (Wildman–Crippen MR) is 66.0 cm³/mol. The van der Waals surface area contributed by atoms with Crippen molar-refractivity contribution in [2.45, 2.75) is 6.42 Å². The molecule has 0 heterocycles. The van der Waals surface area contributed by atoms with E-state index in [2.05, 4.69) is 48.5 Å². The van der Waals surface area contributed by atoms with Gasteiger partial charge in [0.2, 0.25) is 0 Å². The van der Waals surface area contributed by atoms with Crippen LogP contribution in [0.25, 0.3) is 11.1 Å². The number of rotatable bonds is 0. The molecule has 0 fully saturated rings. The van der Waals surface area contributed by atoms with Crippen molar-refractivity contribution in [1.29, 1.82) is 0 Å². The van der Waals surface area contributed by atoms with E-state index in [0.717, 1.165) is 6.42 Å². The predicted octanol–water partition coefficient (Wildman–Crippen LogP) is 1.81. The average Bonchev–Trinajstić information content (AvgIpc) is 2.56. The van der Waals surface area contributed by atoms with Gasteiger partial charge in [0.05, 0.1) is 0 Å². The summed E-state index contributed by atoms with van der Waals surface area (Å²) in [6.45, 7) is 0. The minimum Gasteiger partial charge on any atom is -0.0619 e. The fourth-order valence-corrected chi connectivity index (χ4v) is 2.08. The van der Waals surface area contributed by atoms with Crippen LogP contribution in [0.1, 0.15) is 11.1 Å². The van der Waals surface area contributed by atoms with E-state index in [0.29, 0.717) is 0 Å². The van der Waals surface area contributed by atoms with Gasteiger partial charge in [0, 0.05) is 0 Å². The van der Waals surface area contributed by atoms with Gasteiger partial charge in [0.15, 0.2) is 0 Å². The molecule has 1 aliphatic carbocycles. The van der Waals surface area contributed by atoms with Crippen molar-refractivity contribution in [2.24, 2.45) is 0 Å². The van der Waals surface area contributed by atoms with E-state index in [1.165, 1.54) is 22.3 Å². The first-order valence-electron chi connectivity index (χ1n) is 4.61. The molecule has 3 rings (SSSR count). The van der Waals surface area contributed by atoms with Crippen molar-refractivity contribution >= 4 is 17.6 Å². The average molecular weight is 243 g/mol. The van der Waals surface area contributed by atoms with Crippen molar-refractivity contribution in [3.63, 3.8) is 0 Å². The van der Waals surface area contributed by atoms with Gasteiger partial charge in [0.1, 0.15) is 0 Å². The Morgan fingerprint density at radius 2 is 1.07 bits per heavy atom. The maximum Gasteiger partial charge on any atom is -0.00135 e. The van der Waals surface area contributed by atoms with Gasteiger partial charge in [-0.05, 0) is 28.7 Å². The third-order valence-electron chi connectivity index (χ3n) is 2.71. The van der Waals surface area contributed by atoms with Crippen LogP contribution in [0.4, 0.5) is 0 Å². The smallest absolute Gasteiger partial charge is 0.00135 e. The SMILES string of the molecule is [GeH4].c1ccc2c(c1)Cc1ccccc1-2. The number of benzene rings is 2. The van der Waals surface area contributed by atoms with Crippen LogP contribution in [-0.4, -0.2) is 17.6 Å². The van der Waals surface area contributed by atoms with Crippen molar-refractivity contribution in [1.82, 2.24) is 0 Å². The molecular formula is C13H14Ge. The van der Waals surface area contributed by atoms with Crippen LogP contribution in [0.5, 0.6) is 0 Å². The first-order valence-corrected chi connectivity index (χ1v) is 4.61. The Kier molecular flexibility index (Phi) is 2.47. The van der Waals surface area contributed by atoms with E-state index >= 15 is 0 Å². The van der Waals surface area contributed by atoms with E-state index in [-0.39, 0.29) is 17.6 Å². The maximum absolute atomic E-state index is 2.22. The summed E-state index contributed by atoms with van der Waals surface area (Å²) >= 11 is 0. The van der Waals surface area contributed by atoms with Gasteiger partial charge in [-0.2, -0.15) is 0 Å². The zero-order chi connectivity index (χ0) is 8.67. The Morgan fingerprint density at radius 1 is 0.643 bits per heavy atom. The number of hydrogen-bond donors (Lipinski definition) is 0. The summed E-state index contributed by atoms with van der Waals surface area (Å²) in [6, 6.07) is 17.3. The molecule has 14 heavy (non-hydrogen) atoms. The number of fused-ring (bicyclic) bond motifs is 3. The first-order chi connectivity index (χ1) is 6.45. The summed E-state index contributed by atoms with van der Waals surface area (Å²) in [6.07, 6.45) is 1.10. The molecular weight excluding hydrogens is 229 g/mol. The molecule has 0 aliphatic heterocycles. The Morgan fingerprint density at radius 3 is 1.57 bits per heavy atom. The van der Waals surface area contributed by atoms with Crippen LogP contribution in [0.2, 0.25) is 0 Å². The van der Waals surface area contributed by atoms with Crippen LogP contribution in [0.3, 0.4) is 0 Å². The molecule has 0 aromatic heterocycles. The molecule has 0 saturated carbocycles. The fraction of sp³-hybridized carbons (Fsp3) is 0.0769. The molecule has 0 nitrogen and oxygen atoms in total. The second-order valence-corrected chi connectivity index (χ2v) is 3.49. The van der Waals surface area contributed by atoms with Gasteiger partial charge in [-0.15, -0.1) is 0 Å². The molecule has 0 N–H and O–H groups in total.